The highest BCUT2D eigenvalue weighted by molar-refractivity contribution is 4.67. The molecule has 2 heteroatoms. The maximum Gasteiger partial charge on any atom is 0.0513 e. The van der Waals surface area contributed by atoms with Crippen LogP contribution in [0, 0.1) is 5.41 Å². The molecule has 0 saturated carbocycles. The summed E-state index contributed by atoms with van der Waals surface area (Å²) in [6.45, 7) is 5.85. The zero-order chi connectivity index (χ0) is 7.33. The quantitative estimate of drug-likeness (QED) is 0.618. The van der Waals surface area contributed by atoms with Crippen molar-refractivity contribution in [1.82, 2.24) is 0 Å². The molecule has 0 aromatic rings. The van der Waals surface area contributed by atoms with Gasteiger partial charge in [0.2, 0.25) is 0 Å². The highest BCUT2D eigenvalue weighted by atomic mass is 16.5. The van der Waals surface area contributed by atoms with E-state index in [4.69, 9.17) is 10.5 Å². The molecule has 0 atom stereocenters. The molecule has 0 radical (unpaired) electrons. The fraction of sp³-hybridized carbons (Fsp3) is 1.00. The summed E-state index contributed by atoms with van der Waals surface area (Å²) >= 11 is 0. The van der Waals surface area contributed by atoms with E-state index in [-0.39, 0.29) is 5.41 Å². The van der Waals surface area contributed by atoms with Crippen molar-refractivity contribution in [3.05, 3.63) is 0 Å². The van der Waals surface area contributed by atoms with E-state index in [0.29, 0.717) is 0 Å². The van der Waals surface area contributed by atoms with Gasteiger partial charge in [-0.05, 0) is 18.4 Å². The molecule has 0 spiro atoms. The summed E-state index contributed by atoms with van der Waals surface area (Å²) in [7, 11) is 1.72. The molecule has 0 aromatic heterocycles. The second-order valence-electron chi connectivity index (χ2n) is 3.14. The van der Waals surface area contributed by atoms with E-state index in [1.165, 1.54) is 0 Å². The van der Waals surface area contributed by atoms with Crippen molar-refractivity contribution in [2.24, 2.45) is 11.1 Å². The van der Waals surface area contributed by atoms with E-state index < -0.39 is 0 Å². The number of methoxy groups -OCH3 is 1. The molecule has 0 aliphatic rings. The highest BCUT2D eigenvalue weighted by Crippen LogP contribution is 2.18. The van der Waals surface area contributed by atoms with Gasteiger partial charge in [-0.15, -0.1) is 0 Å². The smallest absolute Gasteiger partial charge is 0.0513 e. The van der Waals surface area contributed by atoms with Crippen LogP contribution in [-0.4, -0.2) is 20.3 Å². The minimum atomic E-state index is 0.253. The fourth-order valence-electron chi connectivity index (χ4n) is 0.854. The van der Waals surface area contributed by atoms with E-state index in [1.54, 1.807) is 7.11 Å². The van der Waals surface area contributed by atoms with Crippen LogP contribution in [0.15, 0.2) is 0 Å². The van der Waals surface area contributed by atoms with Crippen LogP contribution in [0.5, 0.6) is 0 Å². The first-order chi connectivity index (χ1) is 4.12. The Kier molecular flexibility index (Phi) is 3.82. The molecule has 0 amide bonds. The number of nitrogens with two attached hydrogens (primary N) is 1. The summed E-state index contributed by atoms with van der Waals surface area (Å²) in [5, 5.41) is 0. The lowest BCUT2D eigenvalue weighted by molar-refractivity contribution is 0.1000. The third kappa shape index (κ3) is 4.43. The molecular weight excluding hydrogens is 114 g/mol. The molecule has 56 valence electrons. The first kappa shape index (κ1) is 8.92. The fourth-order valence-corrected chi connectivity index (χ4v) is 0.854. The molecule has 0 aliphatic carbocycles. The van der Waals surface area contributed by atoms with Gasteiger partial charge in [0, 0.05) is 7.11 Å². The van der Waals surface area contributed by atoms with Crippen LogP contribution in [0.2, 0.25) is 0 Å². The van der Waals surface area contributed by atoms with Crippen molar-refractivity contribution in [2.75, 3.05) is 20.3 Å². The Bertz CT molecular complexity index is 63.3. The Hall–Kier alpha value is -0.0800. The van der Waals surface area contributed by atoms with Crippen LogP contribution in [0.25, 0.3) is 0 Å². The summed E-state index contributed by atoms with van der Waals surface area (Å²) in [6, 6.07) is 0. The predicted octanol–water partition coefficient (Wildman–Crippen LogP) is 1.01. The van der Waals surface area contributed by atoms with Crippen molar-refractivity contribution in [3.63, 3.8) is 0 Å². The Morgan fingerprint density at radius 3 is 2.33 bits per heavy atom. The van der Waals surface area contributed by atoms with Gasteiger partial charge in [-0.25, -0.2) is 0 Å². The lowest BCUT2D eigenvalue weighted by Gasteiger charge is -2.21. The van der Waals surface area contributed by atoms with Gasteiger partial charge in [-0.1, -0.05) is 13.8 Å². The minimum Gasteiger partial charge on any atom is -0.384 e. The zero-order valence-corrected chi connectivity index (χ0v) is 6.61. The lowest BCUT2D eigenvalue weighted by Crippen LogP contribution is -2.22. The summed E-state index contributed by atoms with van der Waals surface area (Å²) in [5.41, 5.74) is 5.64. The molecule has 2 nitrogen and oxygen atoms in total. The minimum absolute atomic E-state index is 0.253. The highest BCUT2D eigenvalue weighted by Gasteiger charge is 2.15. The molecule has 0 fully saturated rings. The second kappa shape index (κ2) is 3.85. The van der Waals surface area contributed by atoms with Crippen LogP contribution >= 0.6 is 0 Å². The zero-order valence-electron chi connectivity index (χ0n) is 6.61. The molecule has 0 heterocycles. The molecule has 0 saturated heterocycles. The molecular formula is C7H17NO. The van der Waals surface area contributed by atoms with Gasteiger partial charge in [0.05, 0.1) is 6.61 Å². The lowest BCUT2D eigenvalue weighted by atomic mass is 9.91. The van der Waals surface area contributed by atoms with Gasteiger partial charge in [-0.2, -0.15) is 0 Å². The average Bonchev–Trinajstić information content (AvgIpc) is 1.64. The van der Waals surface area contributed by atoms with Crippen LogP contribution in [0.1, 0.15) is 20.3 Å². The van der Waals surface area contributed by atoms with E-state index in [2.05, 4.69) is 13.8 Å². The average molecular weight is 131 g/mol. The topological polar surface area (TPSA) is 35.2 Å². The van der Waals surface area contributed by atoms with E-state index in [9.17, 15) is 0 Å². The number of rotatable bonds is 4. The van der Waals surface area contributed by atoms with Crippen molar-refractivity contribution < 1.29 is 4.74 Å². The van der Waals surface area contributed by atoms with Crippen LogP contribution in [-0.2, 0) is 4.74 Å². The number of hydrogen-bond donors (Lipinski definition) is 1. The maximum atomic E-state index is 5.39. The molecule has 9 heavy (non-hydrogen) atoms. The largest absolute Gasteiger partial charge is 0.384 e. The Balaban J connectivity index is 3.43. The normalized spacial score (nSPS) is 12.0. The van der Waals surface area contributed by atoms with E-state index in [0.717, 1.165) is 19.6 Å². The number of hydrogen-bond acceptors (Lipinski definition) is 2. The third-order valence-electron chi connectivity index (χ3n) is 1.36. The molecule has 0 bridgehead atoms. The Morgan fingerprint density at radius 1 is 1.44 bits per heavy atom. The van der Waals surface area contributed by atoms with Crippen molar-refractivity contribution in [2.45, 2.75) is 20.3 Å². The third-order valence-corrected chi connectivity index (χ3v) is 1.36. The van der Waals surface area contributed by atoms with Crippen LogP contribution in [0.4, 0.5) is 0 Å². The van der Waals surface area contributed by atoms with Gasteiger partial charge in [0.25, 0.3) is 0 Å². The van der Waals surface area contributed by atoms with Crippen LogP contribution < -0.4 is 5.73 Å². The second-order valence-corrected chi connectivity index (χ2v) is 3.14. The molecule has 2 N–H and O–H groups in total. The summed E-state index contributed by atoms with van der Waals surface area (Å²) in [5.74, 6) is 0. The van der Waals surface area contributed by atoms with Gasteiger partial charge in [0.15, 0.2) is 0 Å². The van der Waals surface area contributed by atoms with E-state index >= 15 is 0 Å². The summed E-state index contributed by atoms with van der Waals surface area (Å²) < 4.78 is 5.00. The Morgan fingerprint density at radius 2 is 2.00 bits per heavy atom. The summed E-state index contributed by atoms with van der Waals surface area (Å²) in [4.78, 5) is 0. The van der Waals surface area contributed by atoms with Crippen molar-refractivity contribution in [3.8, 4) is 0 Å². The van der Waals surface area contributed by atoms with Crippen molar-refractivity contribution in [1.29, 1.82) is 0 Å². The molecule has 0 aliphatic heterocycles. The molecule has 0 aromatic carbocycles. The summed E-state index contributed by atoms with van der Waals surface area (Å²) in [6.07, 6.45) is 1.03. The number of ether oxygens (including phenoxy) is 1. The standard InChI is InChI=1S/C7H17NO/c1-7(2,4-5-8)6-9-3/h4-6,8H2,1-3H3. The van der Waals surface area contributed by atoms with Gasteiger partial charge in [0.1, 0.15) is 0 Å². The SMILES string of the molecule is COCC(C)(C)CCN. The monoisotopic (exact) mass is 131 g/mol. The van der Waals surface area contributed by atoms with Gasteiger partial charge in [-0.3, -0.25) is 0 Å². The van der Waals surface area contributed by atoms with E-state index in [1.807, 2.05) is 0 Å². The maximum absolute atomic E-state index is 5.39. The van der Waals surface area contributed by atoms with Crippen molar-refractivity contribution >= 4 is 0 Å². The molecule has 0 unspecified atom stereocenters. The molecule has 0 rings (SSSR count). The first-order valence-corrected chi connectivity index (χ1v) is 3.31. The predicted molar refractivity (Wildman–Crippen MR) is 39.3 cm³/mol. The first-order valence-electron chi connectivity index (χ1n) is 3.31. The van der Waals surface area contributed by atoms with Gasteiger partial charge < -0.3 is 10.5 Å². The van der Waals surface area contributed by atoms with Crippen LogP contribution in [0.3, 0.4) is 0 Å². The Labute approximate surface area is 57.4 Å². The van der Waals surface area contributed by atoms with Gasteiger partial charge >= 0.3 is 0 Å².